The summed E-state index contributed by atoms with van der Waals surface area (Å²) >= 11 is 6.09. The Labute approximate surface area is 195 Å². The molecule has 0 atom stereocenters. The molecule has 2 aromatic carbocycles. The third-order valence-corrected chi connectivity index (χ3v) is 6.60. The molecular formula is C21H18BrN5O2S2. The lowest BCUT2D eigenvalue weighted by Gasteiger charge is -2.09. The SMILES string of the molecule is CCn1c(SCC(=O)Nc2nc(-c3ccccc3)cs2)nnc1-c1cc(Br)ccc1O. The molecule has 0 fully saturated rings. The van der Waals surface area contributed by atoms with E-state index in [9.17, 15) is 9.90 Å². The summed E-state index contributed by atoms with van der Waals surface area (Å²) in [5, 5.41) is 24.6. The summed E-state index contributed by atoms with van der Waals surface area (Å²) in [6.07, 6.45) is 0. The zero-order valence-corrected chi connectivity index (χ0v) is 19.7. The van der Waals surface area contributed by atoms with Crippen molar-refractivity contribution in [1.29, 1.82) is 0 Å². The summed E-state index contributed by atoms with van der Waals surface area (Å²) in [5.41, 5.74) is 2.42. The molecule has 31 heavy (non-hydrogen) atoms. The molecule has 0 radical (unpaired) electrons. The lowest BCUT2D eigenvalue weighted by atomic mass is 10.2. The Kier molecular flexibility index (Phi) is 6.69. The van der Waals surface area contributed by atoms with Gasteiger partial charge in [0.05, 0.1) is 17.0 Å². The third kappa shape index (κ3) is 4.97. The van der Waals surface area contributed by atoms with Crippen LogP contribution in [0.4, 0.5) is 5.13 Å². The van der Waals surface area contributed by atoms with E-state index < -0.39 is 0 Å². The second-order valence-corrected chi connectivity index (χ2v) is 9.17. The molecule has 0 aliphatic carbocycles. The number of thioether (sulfide) groups is 1. The number of aromatic hydroxyl groups is 1. The van der Waals surface area contributed by atoms with Gasteiger partial charge >= 0.3 is 0 Å². The molecule has 2 heterocycles. The van der Waals surface area contributed by atoms with Crippen LogP contribution in [0.3, 0.4) is 0 Å². The van der Waals surface area contributed by atoms with E-state index in [1.807, 2.05) is 47.2 Å². The monoisotopic (exact) mass is 515 g/mol. The predicted molar refractivity (Wildman–Crippen MR) is 127 cm³/mol. The Bertz CT molecular complexity index is 1210. The second-order valence-electron chi connectivity index (χ2n) is 6.45. The van der Waals surface area contributed by atoms with E-state index in [1.165, 1.54) is 23.1 Å². The molecular weight excluding hydrogens is 498 g/mol. The summed E-state index contributed by atoms with van der Waals surface area (Å²) in [7, 11) is 0. The number of phenolic OH excluding ortho intramolecular Hbond substituents is 1. The summed E-state index contributed by atoms with van der Waals surface area (Å²) in [6.45, 7) is 2.57. The Morgan fingerprint density at radius 3 is 2.81 bits per heavy atom. The second kappa shape index (κ2) is 9.63. The quantitative estimate of drug-likeness (QED) is 0.325. The van der Waals surface area contributed by atoms with Gasteiger partial charge in [-0.3, -0.25) is 4.79 Å². The highest BCUT2D eigenvalue weighted by Crippen LogP contribution is 2.33. The number of carbonyl (C=O) groups excluding carboxylic acids is 1. The van der Waals surface area contributed by atoms with Gasteiger partial charge in [-0.2, -0.15) is 0 Å². The Morgan fingerprint density at radius 2 is 2.03 bits per heavy atom. The predicted octanol–water partition coefficient (Wildman–Crippen LogP) is 5.29. The number of aromatic nitrogens is 4. The number of phenols is 1. The largest absolute Gasteiger partial charge is 0.507 e. The van der Waals surface area contributed by atoms with Gasteiger partial charge in [0, 0.05) is 22.0 Å². The number of benzene rings is 2. The van der Waals surface area contributed by atoms with Crippen LogP contribution in [0.2, 0.25) is 0 Å². The zero-order valence-electron chi connectivity index (χ0n) is 16.4. The topological polar surface area (TPSA) is 92.9 Å². The van der Waals surface area contributed by atoms with Gasteiger partial charge in [0.25, 0.3) is 0 Å². The van der Waals surface area contributed by atoms with Crippen molar-refractivity contribution in [3.05, 3.63) is 58.4 Å². The number of nitrogens with zero attached hydrogens (tertiary/aromatic N) is 4. The minimum absolute atomic E-state index is 0.123. The molecule has 0 aliphatic heterocycles. The first kappa shape index (κ1) is 21.5. The van der Waals surface area contributed by atoms with E-state index in [4.69, 9.17) is 0 Å². The Morgan fingerprint density at radius 1 is 1.23 bits per heavy atom. The maximum absolute atomic E-state index is 12.4. The number of halogens is 1. The van der Waals surface area contributed by atoms with E-state index in [0.717, 1.165) is 15.7 Å². The van der Waals surface area contributed by atoms with Crippen molar-refractivity contribution >= 4 is 50.1 Å². The third-order valence-electron chi connectivity index (χ3n) is 4.39. The smallest absolute Gasteiger partial charge is 0.236 e. The molecule has 4 aromatic rings. The maximum atomic E-state index is 12.4. The van der Waals surface area contributed by atoms with Gasteiger partial charge in [-0.05, 0) is 25.1 Å². The molecule has 0 bridgehead atoms. The number of hydrogen-bond donors (Lipinski definition) is 2. The van der Waals surface area contributed by atoms with Gasteiger partial charge in [0.2, 0.25) is 5.91 Å². The molecule has 0 unspecified atom stereocenters. The lowest BCUT2D eigenvalue weighted by molar-refractivity contribution is -0.113. The molecule has 0 spiro atoms. The fourth-order valence-corrected chi connectivity index (χ4v) is 4.82. The summed E-state index contributed by atoms with van der Waals surface area (Å²) < 4.78 is 2.70. The van der Waals surface area contributed by atoms with Crippen LogP contribution in [0.25, 0.3) is 22.6 Å². The highest BCUT2D eigenvalue weighted by atomic mass is 79.9. The first-order chi connectivity index (χ1) is 15.0. The fourth-order valence-electron chi connectivity index (χ4n) is 2.93. The van der Waals surface area contributed by atoms with Crippen LogP contribution in [0.15, 0.2) is 63.5 Å². The zero-order chi connectivity index (χ0) is 21.8. The molecule has 10 heteroatoms. The van der Waals surface area contributed by atoms with Crippen molar-refractivity contribution in [3.8, 4) is 28.4 Å². The summed E-state index contributed by atoms with van der Waals surface area (Å²) in [5.74, 6) is 0.675. The number of anilines is 1. The van der Waals surface area contributed by atoms with Gasteiger partial charge in [0.15, 0.2) is 16.1 Å². The molecule has 158 valence electrons. The standard InChI is InChI=1S/C21H18BrN5O2S2/c1-2-27-19(15-10-14(22)8-9-17(15)28)25-26-21(27)31-12-18(29)24-20-23-16(11-30-20)13-6-4-3-5-7-13/h3-11,28H,2,12H2,1H3,(H,23,24,29). The van der Waals surface area contributed by atoms with Crippen molar-refractivity contribution in [3.63, 3.8) is 0 Å². The van der Waals surface area contributed by atoms with Crippen LogP contribution in [-0.4, -0.2) is 36.5 Å². The fraction of sp³-hybridized carbons (Fsp3) is 0.143. The minimum atomic E-state index is -0.170. The lowest BCUT2D eigenvalue weighted by Crippen LogP contribution is -2.14. The van der Waals surface area contributed by atoms with Gasteiger partial charge in [-0.25, -0.2) is 4.98 Å². The summed E-state index contributed by atoms with van der Waals surface area (Å²) in [6, 6.07) is 15.0. The van der Waals surface area contributed by atoms with Gasteiger partial charge in [0.1, 0.15) is 5.75 Å². The van der Waals surface area contributed by atoms with Crippen LogP contribution >= 0.6 is 39.0 Å². The molecule has 0 saturated heterocycles. The highest BCUT2D eigenvalue weighted by Gasteiger charge is 2.18. The van der Waals surface area contributed by atoms with Crippen molar-refractivity contribution in [2.24, 2.45) is 0 Å². The minimum Gasteiger partial charge on any atom is -0.507 e. The van der Waals surface area contributed by atoms with Crippen molar-refractivity contribution in [2.45, 2.75) is 18.6 Å². The van der Waals surface area contributed by atoms with E-state index >= 15 is 0 Å². The molecule has 0 saturated carbocycles. The van der Waals surface area contributed by atoms with Crippen molar-refractivity contribution in [2.75, 3.05) is 11.1 Å². The molecule has 1 amide bonds. The van der Waals surface area contributed by atoms with Crippen LogP contribution < -0.4 is 5.32 Å². The molecule has 7 nitrogen and oxygen atoms in total. The maximum Gasteiger partial charge on any atom is 0.236 e. The van der Waals surface area contributed by atoms with E-state index in [-0.39, 0.29) is 17.4 Å². The van der Waals surface area contributed by atoms with E-state index in [2.05, 4.69) is 36.4 Å². The molecule has 0 aliphatic rings. The molecule has 4 rings (SSSR count). The van der Waals surface area contributed by atoms with Crippen LogP contribution in [0.1, 0.15) is 6.92 Å². The van der Waals surface area contributed by atoms with Gasteiger partial charge in [-0.1, -0.05) is 58.0 Å². The molecule has 2 aromatic heterocycles. The van der Waals surface area contributed by atoms with Crippen molar-refractivity contribution < 1.29 is 9.90 Å². The number of carbonyl (C=O) groups is 1. The molecule has 2 N–H and O–H groups in total. The van der Waals surface area contributed by atoms with E-state index in [1.54, 1.807) is 18.2 Å². The van der Waals surface area contributed by atoms with Crippen LogP contribution in [-0.2, 0) is 11.3 Å². The number of nitrogens with one attached hydrogen (secondary N) is 1. The highest BCUT2D eigenvalue weighted by molar-refractivity contribution is 9.10. The van der Waals surface area contributed by atoms with Gasteiger partial charge < -0.3 is 15.0 Å². The average Bonchev–Trinajstić information content (AvgIpc) is 3.41. The first-order valence-corrected chi connectivity index (χ1v) is 12.1. The van der Waals surface area contributed by atoms with Crippen LogP contribution in [0.5, 0.6) is 5.75 Å². The van der Waals surface area contributed by atoms with E-state index in [0.29, 0.717) is 28.2 Å². The van der Waals surface area contributed by atoms with Crippen molar-refractivity contribution in [1.82, 2.24) is 19.7 Å². The number of rotatable bonds is 7. The van der Waals surface area contributed by atoms with Crippen LogP contribution in [0, 0.1) is 0 Å². The number of hydrogen-bond acceptors (Lipinski definition) is 7. The normalized spacial score (nSPS) is 10.9. The first-order valence-electron chi connectivity index (χ1n) is 9.41. The summed E-state index contributed by atoms with van der Waals surface area (Å²) in [4.78, 5) is 16.9. The number of amides is 1. The average molecular weight is 516 g/mol. The Balaban J connectivity index is 1.43. The Hall–Kier alpha value is -2.69. The number of thiazole rings is 1. The van der Waals surface area contributed by atoms with Gasteiger partial charge in [-0.15, -0.1) is 21.5 Å².